The second-order valence-corrected chi connectivity index (χ2v) is 5.39. The molecule has 2 aromatic rings. The number of nitrogen functional groups attached to an aromatic ring is 1. The van der Waals surface area contributed by atoms with E-state index in [1.165, 1.54) is 0 Å². The fourth-order valence-electron chi connectivity index (χ4n) is 1.99. The van der Waals surface area contributed by atoms with E-state index in [-0.39, 0.29) is 5.78 Å². The average Bonchev–Trinajstić information content (AvgIpc) is 2.43. The minimum absolute atomic E-state index is 0.0837. The van der Waals surface area contributed by atoms with Gasteiger partial charge in [0.15, 0.2) is 5.78 Å². The molecule has 3 nitrogen and oxygen atoms in total. The SMILES string of the molecule is CCOc1ccc(Br)cc1C(=O)c1cc(N)ccc1C. The highest BCUT2D eigenvalue weighted by molar-refractivity contribution is 9.10. The maximum atomic E-state index is 12.7. The molecule has 2 N–H and O–H groups in total. The molecule has 2 rings (SSSR count). The normalized spacial score (nSPS) is 10.3. The van der Waals surface area contributed by atoms with Gasteiger partial charge in [-0.15, -0.1) is 0 Å². The van der Waals surface area contributed by atoms with Crippen molar-refractivity contribution in [2.24, 2.45) is 0 Å². The highest BCUT2D eigenvalue weighted by atomic mass is 79.9. The summed E-state index contributed by atoms with van der Waals surface area (Å²) in [6.07, 6.45) is 0. The molecule has 0 amide bonds. The third kappa shape index (κ3) is 3.02. The van der Waals surface area contributed by atoms with Gasteiger partial charge in [-0.3, -0.25) is 4.79 Å². The Labute approximate surface area is 126 Å². The number of rotatable bonds is 4. The first kappa shape index (κ1) is 14.6. The number of benzene rings is 2. The molecule has 2 aromatic carbocycles. The van der Waals surface area contributed by atoms with Crippen LogP contribution in [0.3, 0.4) is 0 Å². The number of hydrogen-bond donors (Lipinski definition) is 1. The number of aryl methyl sites for hydroxylation is 1. The molecule has 0 radical (unpaired) electrons. The Morgan fingerprint density at radius 1 is 1.20 bits per heavy atom. The lowest BCUT2D eigenvalue weighted by atomic mass is 9.98. The lowest BCUT2D eigenvalue weighted by Gasteiger charge is -2.11. The maximum absolute atomic E-state index is 12.7. The van der Waals surface area contributed by atoms with Gasteiger partial charge in [0.25, 0.3) is 0 Å². The Bertz CT molecular complexity index is 653. The van der Waals surface area contributed by atoms with Crippen molar-refractivity contribution in [1.82, 2.24) is 0 Å². The highest BCUT2D eigenvalue weighted by Gasteiger charge is 2.17. The summed E-state index contributed by atoms with van der Waals surface area (Å²) < 4.78 is 6.37. The first-order valence-corrected chi connectivity index (χ1v) is 7.15. The van der Waals surface area contributed by atoms with Crippen LogP contribution < -0.4 is 10.5 Å². The summed E-state index contributed by atoms with van der Waals surface area (Å²) in [5.74, 6) is 0.502. The van der Waals surface area contributed by atoms with E-state index < -0.39 is 0 Å². The smallest absolute Gasteiger partial charge is 0.197 e. The Balaban J connectivity index is 2.52. The zero-order valence-corrected chi connectivity index (χ0v) is 13.0. The molecule has 0 bridgehead atoms. The lowest BCUT2D eigenvalue weighted by Crippen LogP contribution is -2.08. The zero-order valence-electron chi connectivity index (χ0n) is 11.4. The average molecular weight is 334 g/mol. The Kier molecular flexibility index (Phi) is 4.45. The van der Waals surface area contributed by atoms with E-state index in [0.29, 0.717) is 29.2 Å². The van der Waals surface area contributed by atoms with Crippen molar-refractivity contribution in [2.45, 2.75) is 13.8 Å². The third-order valence-electron chi connectivity index (χ3n) is 2.99. The fraction of sp³-hybridized carbons (Fsp3) is 0.188. The van der Waals surface area contributed by atoms with Crippen LogP contribution >= 0.6 is 15.9 Å². The predicted octanol–water partition coefficient (Wildman–Crippen LogP) is 3.97. The van der Waals surface area contributed by atoms with Crippen LogP contribution in [0.5, 0.6) is 5.75 Å². The molecule has 0 spiro atoms. The Morgan fingerprint density at radius 2 is 1.95 bits per heavy atom. The molecule has 104 valence electrons. The van der Waals surface area contributed by atoms with E-state index in [1.54, 1.807) is 24.3 Å². The number of anilines is 1. The first-order valence-electron chi connectivity index (χ1n) is 6.36. The predicted molar refractivity (Wildman–Crippen MR) is 84.3 cm³/mol. The van der Waals surface area contributed by atoms with Gasteiger partial charge in [0, 0.05) is 15.7 Å². The molecule has 0 aliphatic rings. The summed E-state index contributed by atoms with van der Waals surface area (Å²) in [5, 5.41) is 0. The number of hydrogen-bond acceptors (Lipinski definition) is 3. The van der Waals surface area contributed by atoms with Crippen LogP contribution in [0, 0.1) is 6.92 Å². The number of halogens is 1. The van der Waals surface area contributed by atoms with E-state index in [1.807, 2.05) is 26.0 Å². The number of ketones is 1. The second-order valence-electron chi connectivity index (χ2n) is 4.48. The molecule has 0 heterocycles. The number of carbonyl (C=O) groups is 1. The lowest BCUT2D eigenvalue weighted by molar-refractivity contribution is 0.103. The highest BCUT2D eigenvalue weighted by Crippen LogP contribution is 2.27. The molecule has 0 fully saturated rings. The summed E-state index contributed by atoms with van der Waals surface area (Å²) in [6.45, 7) is 4.30. The van der Waals surface area contributed by atoms with Gasteiger partial charge in [0.2, 0.25) is 0 Å². The van der Waals surface area contributed by atoms with Crippen LogP contribution in [-0.2, 0) is 0 Å². The van der Waals surface area contributed by atoms with Crippen LogP contribution in [0.2, 0.25) is 0 Å². The van der Waals surface area contributed by atoms with Gasteiger partial charge < -0.3 is 10.5 Å². The number of carbonyl (C=O) groups excluding carboxylic acids is 1. The number of nitrogens with two attached hydrogens (primary N) is 1. The molecule has 0 unspecified atom stereocenters. The molecule has 0 saturated carbocycles. The molecule has 20 heavy (non-hydrogen) atoms. The van der Waals surface area contributed by atoms with Crippen LogP contribution in [0.1, 0.15) is 28.4 Å². The molecule has 0 aliphatic heterocycles. The van der Waals surface area contributed by atoms with Crippen molar-refractivity contribution in [3.63, 3.8) is 0 Å². The molecule has 0 saturated heterocycles. The summed E-state index contributed by atoms with van der Waals surface area (Å²) in [4.78, 5) is 12.7. The molecule has 0 aromatic heterocycles. The molecule has 0 aliphatic carbocycles. The topological polar surface area (TPSA) is 52.3 Å². The Hall–Kier alpha value is -1.81. The van der Waals surface area contributed by atoms with Crippen molar-refractivity contribution in [3.05, 3.63) is 57.6 Å². The quantitative estimate of drug-likeness (QED) is 0.680. The van der Waals surface area contributed by atoms with E-state index in [2.05, 4.69) is 15.9 Å². The minimum atomic E-state index is -0.0837. The molecular formula is C16H16BrNO2. The van der Waals surface area contributed by atoms with Crippen molar-refractivity contribution in [3.8, 4) is 5.75 Å². The summed E-state index contributed by atoms with van der Waals surface area (Å²) in [6, 6.07) is 10.8. The second kappa shape index (κ2) is 6.09. The molecular weight excluding hydrogens is 318 g/mol. The van der Waals surface area contributed by atoms with Crippen LogP contribution in [0.25, 0.3) is 0 Å². The van der Waals surface area contributed by atoms with Gasteiger partial charge in [-0.25, -0.2) is 0 Å². The van der Waals surface area contributed by atoms with Gasteiger partial charge in [0.1, 0.15) is 5.75 Å². The molecule has 0 atom stereocenters. The van der Waals surface area contributed by atoms with E-state index in [9.17, 15) is 4.79 Å². The summed E-state index contributed by atoms with van der Waals surface area (Å²) >= 11 is 3.39. The van der Waals surface area contributed by atoms with Crippen molar-refractivity contribution < 1.29 is 9.53 Å². The van der Waals surface area contributed by atoms with Crippen molar-refractivity contribution in [2.75, 3.05) is 12.3 Å². The van der Waals surface area contributed by atoms with E-state index >= 15 is 0 Å². The van der Waals surface area contributed by atoms with Crippen molar-refractivity contribution in [1.29, 1.82) is 0 Å². The van der Waals surface area contributed by atoms with Gasteiger partial charge in [-0.2, -0.15) is 0 Å². The van der Waals surface area contributed by atoms with E-state index in [0.717, 1.165) is 10.0 Å². The number of ether oxygens (including phenoxy) is 1. The summed E-state index contributed by atoms with van der Waals surface area (Å²) in [5.41, 5.74) is 8.39. The maximum Gasteiger partial charge on any atom is 0.197 e. The van der Waals surface area contributed by atoms with Crippen LogP contribution in [0.4, 0.5) is 5.69 Å². The minimum Gasteiger partial charge on any atom is -0.493 e. The van der Waals surface area contributed by atoms with Gasteiger partial charge >= 0.3 is 0 Å². The third-order valence-corrected chi connectivity index (χ3v) is 3.49. The van der Waals surface area contributed by atoms with Gasteiger partial charge in [-0.05, 0) is 49.7 Å². The van der Waals surface area contributed by atoms with Gasteiger partial charge in [-0.1, -0.05) is 22.0 Å². The zero-order chi connectivity index (χ0) is 14.7. The first-order chi connectivity index (χ1) is 9.52. The summed E-state index contributed by atoms with van der Waals surface area (Å²) in [7, 11) is 0. The van der Waals surface area contributed by atoms with Crippen LogP contribution in [-0.4, -0.2) is 12.4 Å². The fourth-order valence-corrected chi connectivity index (χ4v) is 2.35. The van der Waals surface area contributed by atoms with Crippen molar-refractivity contribution >= 4 is 27.4 Å². The molecule has 4 heteroatoms. The van der Waals surface area contributed by atoms with E-state index in [4.69, 9.17) is 10.5 Å². The van der Waals surface area contributed by atoms with Crippen LogP contribution in [0.15, 0.2) is 40.9 Å². The standard InChI is InChI=1S/C16H16BrNO2/c1-3-20-15-7-5-11(17)8-14(15)16(19)13-9-12(18)6-4-10(13)2/h4-9H,3,18H2,1-2H3. The largest absolute Gasteiger partial charge is 0.493 e. The van der Waals surface area contributed by atoms with Gasteiger partial charge in [0.05, 0.1) is 12.2 Å². The monoisotopic (exact) mass is 333 g/mol. The Morgan fingerprint density at radius 3 is 2.65 bits per heavy atom.